The number of hydrogen-bond acceptors (Lipinski definition) is 2. The number of nitrogens with one attached hydrogen (secondary N) is 4. The average molecular weight is 308 g/mol. The van der Waals surface area contributed by atoms with E-state index in [1.165, 1.54) is 0 Å². The average Bonchev–Trinajstić information content (AvgIpc) is 2.60. The number of rotatable bonds is 3. The Morgan fingerprint density at radius 3 is 2.82 bits per heavy atom. The van der Waals surface area contributed by atoms with Crippen molar-refractivity contribution < 1.29 is 37.5 Å². The van der Waals surface area contributed by atoms with Crippen LogP contribution < -0.4 is 10.9 Å². The summed E-state index contributed by atoms with van der Waals surface area (Å²) >= 11 is 0. The Morgan fingerprint density at radius 1 is 1.35 bits per heavy atom. The van der Waals surface area contributed by atoms with Crippen molar-refractivity contribution >= 4 is 22.5 Å². The maximum atomic E-state index is 11.2. The van der Waals surface area contributed by atoms with Gasteiger partial charge in [-0.2, -0.15) is 0 Å². The van der Waals surface area contributed by atoms with Crippen molar-refractivity contribution in [2.45, 2.75) is 6.42 Å². The zero-order valence-electron chi connectivity index (χ0n) is 9.04. The van der Waals surface area contributed by atoms with Gasteiger partial charge in [-0.25, -0.2) is 0 Å². The molecule has 1 amide bonds. The van der Waals surface area contributed by atoms with Gasteiger partial charge in [-0.1, -0.05) is 0 Å². The molecular formula is C10H11N4O2Y-. The minimum Gasteiger partial charge on any atom is -0.677 e. The van der Waals surface area contributed by atoms with E-state index in [1.807, 2.05) is 0 Å². The maximum absolute atomic E-state index is 11.2. The zero-order valence-corrected chi connectivity index (χ0v) is 11.9. The number of amides is 1. The molecule has 87 valence electrons. The van der Waals surface area contributed by atoms with Crippen molar-refractivity contribution in [2.24, 2.45) is 0 Å². The molecule has 1 radical (unpaired) electrons. The summed E-state index contributed by atoms with van der Waals surface area (Å²) in [4.78, 5) is 22.5. The van der Waals surface area contributed by atoms with Crippen molar-refractivity contribution in [1.82, 2.24) is 10.2 Å². The minimum absolute atomic E-state index is 0. The molecule has 0 unspecified atom stereocenters. The van der Waals surface area contributed by atoms with Crippen LogP contribution in [-0.2, 0) is 37.5 Å². The zero-order chi connectivity index (χ0) is 11.5. The number of carbonyl (C=O) groups is 1. The van der Waals surface area contributed by atoms with Crippen molar-refractivity contribution in [1.29, 1.82) is 0 Å². The van der Waals surface area contributed by atoms with Gasteiger partial charge in [0.2, 0.25) is 5.91 Å². The van der Waals surface area contributed by atoms with Gasteiger partial charge in [0.15, 0.2) is 0 Å². The molecule has 2 aromatic rings. The second-order valence-electron chi connectivity index (χ2n) is 3.39. The Kier molecular flexibility index (Phi) is 5.05. The summed E-state index contributed by atoms with van der Waals surface area (Å²) in [5.41, 5.74) is 8.00. The monoisotopic (exact) mass is 308 g/mol. The van der Waals surface area contributed by atoms with Crippen LogP contribution in [0.2, 0.25) is 0 Å². The predicted octanol–water partition coefficient (Wildman–Crippen LogP) is 1.23. The second kappa shape index (κ2) is 6.09. The van der Waals surface area contributed by atoms with Gasteiger partial charge < -0.3 is 11.1 Å². The first-order valence-corrected chi connectivity index (χ1v) is 4.85. The summed E-state index contributed by atoms with van der Waals surface area (Å²) in [6.45, 7) is 0.0645. The first-order valence-electron chi connectivity index (χ1n) is 4.85. The van der Waals surface area contributed by atoms with E-state index in [9.17, 15) is 9.59 Å². The second-order valence-corrected chi connectivity index (χ2v) is 3.39. The molecule has 6 nitrogen and oxygen atoms in total. The molecule has 0 aliphatic carbocycles. The van der Waals surface area contributed by atoms with E-state index in [-0.39, 0.29) is 57.1 Å². The first kappa shape index (κ1) is 14.1. The van der Waals surface area contributed by atoms with Gasteiger partial charge in [0.05, 0.1) is 10.9 Å². The third kappa shape index (κ3) is 3.24. The van der Waals surface area contributed by atoms with E-state index < -0.39 is 0 Å². The topological polar surface area (TPSA) is 102 Å². The molecule has 0 saturated carbocycles. The molecular weight excluding hydrogens is 297 g/mol. The maximum Gasteiger partial charge on any atom is 0.271 e. The van der Waals surface area contributed by atoms with E-state index in [2.05, 4.69) is 15.5 Å². The van der Waals surface area contributed by atoms with E-state index in [0.29, 0.717) is 16.6 Å². The van der Waals surface area contributed by atoms with E-state index >= 15 is 0 Å². The number of carbonyl (C=O) groups excluding carboxylic acids is 1. The number of benzene rings is 1. The quantitative estimate of drug-likeness (QED) is 0.794. The molecule has 0 aliphatic rings. The van der Waals surface area contributed by atoms with Gasteiger partial charge in [0, 0.05) is 44.8 Å². The third-order valence-electron chi connectivity index (χ3n) is 2.21. The fourth-order valence-electron chi connectivity index (χ4n) is 1.45. The fraction of sp³-hybridized carbons (Fsp3) is 0.200. The first-order chi connectivity index (χ1) is 7.70. The SMILES string of the molecule is [NH-]CCC(=O)Nc1ccc2c(=O)[nH][nH]c2c1.[Y]. The fourth-order valence-corrected chi connectivity index (χ4v) is 1.45. The summed E-state index contributed by atoms with van der Waals surface area (Å²) in [7, 11) is 0. The summed E-state index contributed by atoms with van der Waals surface area (Å²) in [5.74, 6) is -0.202. The summed E-state index contributed by atoms with van der Waals surface area (Å²) < 4.78 is 0. The molecule has 0 atom stereocenters. The smallest absolute Gasteiger partial charge is 0.271 e. The Bertz CT molecular complexity index is 575. The minimum atomic E-state index is -0.202. The molecule has 0 bridgehead atoms. The summed E-state index contributed by atoms with van der Waals surface area (Å²) in [6.07, 6.45) is 0.168. The van der Waals surface area contributed by atoms with Crippen LogP contribution in [0.3, 0.4) is 0 Å². The molecule has 1 heterocycles. The molecule has 2 rings (SSSR count). The van der Waals surface area contributed by atoms with Crippen molar-refractivity contribution in [3.05, 3.63) is 34.3 Å². The Morgan fingerprint density at radius 2 is 2.12 bits per heavy atom. The van der Waals surface area contributed by atoms with Gasteiger partial charge in [-0.05, 0) is 18.2 Å². The van der Waals surface area contributed by atoms with Gasteiger partial charge in [-0.3, -0.25) is 19.8 Å². The normalized spacial score (nSPS) is 9.94. The van der Waals surface area contributed by atoms with Crippen LogP contribution in [0.25, 0.3) is 16.6 Å². The molecule has 0 saturated heterocycles. The predicted molar refractivity (Wildman–Crippen MR) is 61.4 cm³/mol. The van der Waals surface area contributed by atoms with Crippen LogP contribution in [0.5, 0.6) is 0 Å². The molecule has 17 heavy (non-hydrogen) atoms. The van der Waals surface area contributed by atoms with Crippen LogP contribution in [0.4, 0.5) is 5.69 Å². The van der Waals surface area contributed by atoms with Gasteiger partial charge in [0.1, 0.15) is 0 Å². The summed E-state index contributed by atoms with van der Waals surface area (Å²) in [5, 5.41) is 8.37. The number of fused-ring (bicyclic) bond motifs is 1. The van der Waals surface area contributed by atoms with Gasteiger partial charge in [0.25, 0.3) is 5.56 Å². The largest absolute Gasteiger partial charge is 0.677 e. The number of aromatic amines is 2. The molecule has 0 aliphatic heterocycles. The third-order valence-corrected chi connectivity index (χ3v) is 2.21. The van der Waals surface area contributed by atoms with E-state index in [4.69, 9.17) is 5.73 Å². The molecule has 4 N–H and O–H groups in total. The molecule has 7 heteroatoms. The van der Waals surface area contributed by atoms with Crippen molar-refractivity contribution in [3.8, 4) is 0 Å². The van der Waals surface area contributed by atoms with Crippen LogP contribution in [0, 0.1) is 0 Å². The van der Waals surface area contributed by atoms with E-state index in [0.717, 1.165) is 0 Å². The Labute approximate surface area is 122 Å². The molecule has 0 spiro atoms. The van der Waals surface area contributed by atoms with E-state index in [1.54, 1.807) is 18.2 Å². The Hall–Kier alpha value is -0.976. The van der Waals surface area contributed by atoms with Crippen LogP contribution in [0.15, 0.2) is 23.0 Å². The molecule has 1 aromatic heterocycles. The van der Waals surface area contributed by atoms with Crippen LogP contribution in [0.1, 0.15) is 6.42 Å². The number of anilines is 1. The number of H-pyrrole nitrogens is 2. The van der Waals surface area contributed by atoms with Crippen LogP contribution >= 0.6 is 0 Å². The standard InChI is InChI=1S/C10H11N4O2.Y/c11-4-3-9(15)12-6-1-2-7-8(5-6)13-14-10(7)16;/h1-2,5,11H,3-4H2,(H,12,15)(H2,13,14,16);/q-1;. The number of aromatic nitrogens is 2. The van der Waals surface area contributed by atoms with Crippen molar-refractivity contribution in [3.63, 3.8) is 0 Å². The van der Waals surface area contributed by atoms with Gasteiger partial charge in [-0.15, -0.1) is 6.54 Å². The summed E-state index contributed by atoms with van der Waals surface area (Å²) in [6, 6.07) is 4.98. The number of hydrogen-bond donors (Lipinski definition) is 3. The van der Waals surface area contributed by atoms with Crippen molar-refractivity contribution in [2.75, 3.05) is 11.9 Å². The van der Waals surface area contributed by atoms with Gasteiger partial charge >= 0.3 is 0 Å². The van der Waals surface area contributed by atoms with Crippen LogP contribution in [-0.4, -0.2) is 22.6 Å². The Balaban J connectivity index is 0.00000144. The molecule has 0 fully saturated rings. The molecule has 1 aromatic carbocycles.